The molecule has 5 heteroatoms. The van der Waals surface area contributed by atoms with Gasteiger partial charge in [0.1, 0.15) is 11.5 Å². The summed E-state index contributed by atoms with van der Waals surface area (Å²) in [5.41, 5.74) is 7.93. The molecule has 2 aromatic rings. The molecule has 0 amide bonds. The van der Waals surface area contributed by atoms with E-state index in [2.05, 4.69) is 23.1 Å². The molecular formula is C17H17ClFN3. The van der Waals surface area contributed by atoms with Crippen molar-refractivity contribution in [2.24, 2.45) is 5.73 Å². The lowest BCUT2D eigenvalue weighted by Gasteiger charge is -2.22. The van der Waals surface area contributed by atoms with Crippen molar-refractivity contribution in [3.8, 4) is 11.3 Å². The Kier molecular flexibility index (Phi) is 4.44. The Morgan fingerprint density at radius 3 is 2.55 bits per heavy atom. The molecule has 3 nitrogen and oxygen atoms in total. The molecule has 2 N–H and O–H groups in total. The van der Waals surface area contributed by atoms with E-state index in [1.54, 1.807) is 26.0 Å². The number of halogens is 2. The van der Waals surface area contributed by atoms with Crippen LogP contribution in [0.5, 0.6) is 0 Å². The lowest BCUT2D eigenvalue weighted by molar-refractivity contribution is 0.533. The molecule has 0 aliphatic heterocycles. The van der Waals surface area contributed by atoms with Crippen LogP contribution in [-0.2, 0) is 5.54 Å². The van der Waals surface area contributed by atoms with Crippen molar-refractivity contribution < 1.29 is 4.39 Å². The van der Waals surface area contributed by atoms with Gasteiger partial charge in [0.05, 0.1) is 27.7 Å². The van der Waals surface area contributed by atoms with Crippen molar-refractivity contribution >= 4 is 22.7 Å². The molecule has 0 radical (unpaired) electrons. The van der Waals surface area contributed by atoms with Crippen LogP contribution in [-0.4, -0.2) is 9.97 Å². The molecule has 0 aliphatic carbocycles. The van der Waals surface area contributed by atoms with Crippen LogP contribution >= 0.6 is 11.6 Å². The Bertz CT molecular complexity index is 748. The summed E-state index contributed by atoms with van der Waals surface area (Å²) < 4.78 is 13.5. The smallest absolute Gasteiger partial charge is 0.123 e. The molecule has 22 heavy (non-hydrogen) atoms. The number of benzene rings is 1. The van der Waals surface area contributed by atoms with E-state index in [-0.39, 0.29) is 10.8 Å². The van der Waals surface area contributed by atoms with Gasteiger partial charge < -0.3 is 5.73 Å². The number of hydrogen-bond acceptors (Lipinski definition) is 3. The van der Waals surface area contributed by atoms with Crippen LogP contribution in [0.2, 0.25) is 0 Å². The number of aromatic nitrogens is 2. The van der Waals surface area contributed by atoms with Crippen molar-refractivity contribution in [1.82, 2.24) is 9.97 Å². The topological polar surface area (TPSA) is 51.8 Å². The van der Waals surface area contributed by atoms with Gasteiger partial charge in [0, 0.05) is 5.56 Å². The number of rotatable bonds is 4. The van der Waals surface area contributed by atoms with Crippen LogP contribution in [0.3, 0.4) is 0 Å². The second-order valence-electron chi connectivity index (χ2n) is 5.50. The Morgan fingerprint density at radius 1 is 1.36 bits per heavy atom. The summed E-state index contributed by atoms with van der Waals surface area (Å²) in [5.74, 6) is -0.355. The highest BCUT2D eigenvalue weighted by Gasteiger charge is 2.25. The van der Waals surface area contributed by atoms with Gasteiger partial charge in [-0.25, -0.2) is 14.4 Å². The first kappa shape index (κ1) is 16.3. The maximum absolute atomic E-state index is 13.5. The molecule has 114 valence electrons. The summed E-state index contributed by atoms with van der Waals surface area (Å²) in [6.07, 6.45) is 1.53. The number of nitrogens with two attached hydrogens (primary N) is 1. The minimum absolute atomic E-state index is 0.249. The normalized spacial score (nSPS) is 11.3. The molecule has 0 bridgehead atoms. The van der Waals surface area contributed by atoms with E-state index in [4.69, 9.17) is 17.3 Å². The highest BCUT2D eigenvalue weighted by atomic mass is 35.5. The van der Waals surface area contributed by atoms with E-state index in [0.717, 1.165) is 0 Å². The molecule has 0 saturated heterocycles. The summed E-state index contributed by atoms with van der Waals surface area (Å²) in [4.78, 5) is 9.03. The zero-order chi connectivity index (χ0) is 16.5. The van der Waals surface area contributed by atoms with Crippen LogP contribution < -0.4 is 5.73 Å². The molecule has 0 aliphatic rings. The van der Waals surface area contributed by atoms with Crippen molar-refractivity contribution in [3.05, 3.63) is 60.3 Å². The Balaban J connectivity index is 2.82. The van der Waals surface area contributed by atoms with Crippen LogP contribution in [0.4, 0.5) is 4.39 Å². The van der Waals surface area contributed by atoms with E-state index < -0.39 is 5.54 Å². The third-order valence-electron chi connectivity index (χ3n) is 3.08. The third-order valence-corrected chi connectivity index (χ3v) is 3.26. The summed E-state index contributed by atoms with van der Waals surface area (Å²) in [6.45, 7) is 11.0. The lowest BCUT2D eigenvalue weighted by Crippen LogP contribution is -2.31. The lowest BCUT2D eigenvalue weighted by atomic mass is 9.95. The summed E-state index contributed by atoms with van der Waals surface area (Å²) in [6, 6.07) is 6.13. The Hall–Kier alpha value is -2.04. The Labute approximate surface area is 134 Å². The standard InChI is InChI=1S/C17H17ClFN3/c1-5-13-14(10(2)18)22-16(17(3,4)20)15(21-13)11-7-6-8-12(19)9-11/h5-9H,1-2,20H2,3-4H3. The first-order chi connectivity index (χ1) is 10.2. The molecule has 0 saturated carbocycles. The van der Waals surface area contributed by atoms with E-state index >= 15 is 0 Å². The van der Waals surface area contributed by atoms with Gasteiger partial charge in [-0.2, -0.15) is 0 Å². The molecule has 0 atom stereocenters. The van der Waals surface area contributed by atoms with Gasteiger partial charge in [-0.05, 0) is 32.1 Å². The molecule has 0 fully saturated rings. The van der Waals surface area contributed by atoms with Gasteiger partial charge in [0.15, 0.2) is 0 Å². The first-order valence-electron chi connectivity index (χ1n) is 6.68. The fourth-order valence-electron chi connectivity index (χ4n) is 2.08. The van der Waals surface area contributed by atoms with Crippen molar-refractivity contribution in [2.75, 3.05) is 0 Å². The second-order valence-corrected chi connectivity index (χ2v) is 5.95. The third kappa shape index (κ3) is 3.24. The monoisotopic (exact) mass is 317 g/mol. The van der Waals surface area contributed by atoms with E-state index in [1.165, 1.54) is 18.2 Å². The van der Waals surface area contributed by atoms with Gasteiger partial charge in [-0.15, -0.1) is 0 Å². The molecule has 1 aromatic heterocycles. The minimum Gasteiger partial charge on any atom is -0.321 e. The summed E-state index contributed by atoms with van der Waals surface area (Å²) in [5, 5.41) is 0.249. The molecular weight excluding hydrogens is 301 g/mol. The van der Waals surface area contributed by atoms with Crippen LogP contribution in [0, 0.1) is 5.82 Å². The number of hydrogen-bond donors (Lipinski definition) is 1. The maximum atomic E-state index is 13.5. The van der Waals surface area contributed by atoms with Gasteiger partial charge in [-0.1, -0.05) is 36.9 Å². The fraction of sp³-hybridized carbons (Fsp3) is 0.176. The van der Waals surface area contributed by atoms with Crippen molar-refractivity contribution in [3.63, 3.8) is 0 Å². The minimum atomic E-state index is -0.782. The highest BCUT2D eigenvalue weighted by Crippen LogP contribution is 2.31. The van der Waals surface area contributed by atoms with Crippen molar-refractivity contribution in [1.29, 1.82) is 0 Å². The zero-order valence-electron chi connectivity index (χ0n) is 12.5. The zero-order valence-corrected chi connectivity index (χ0v) is 13.3. The van der Waals surface area contributed by atoms with Crippen LogP contribution in [0.15, 0.2) is 37.4 Å². The van der Waals surface area contributed by atoms with Gasteiger partial charge in [0.25, 0.3) is 0 Å². The van der Waals surface area contributed by atoms with Crippen LogP contribution in [0.25, 0.3) is 22.4 Å². The second kappa shape index (κ2) is 5.99. The predicted octanol–water partition coefficient (Wildman–Crippen LogP) is 4.33. The maximum Gasteiger partial charge on any atom is 0.123 e. The Morgan fingerprint density at radius 2 is 2.05 bits per heavy atom. The van der Waals surface area contributed by atoms with E-state index in [1.807, 2.05) is 0 Å². The fourth-order valence-corrected chi connectivity index (χ4v) is 2.22. The SMILES string of the molecule is C=Cc1nc(-c2cccc(F)c2)c(C(C)(C)N)nc1C(=C)Cl. The van der Waals surface area contributed by atoms with Gasteiger partial charge in [-0.3, -0.25) is 0 Å². The summed E-state index contributed by atoms with van der Waals surface area (Å²) >= 11 is 5.99. The quantitative estimate of drug-likeness (QED) is 0.913. The molecule has 0 unspecified atom stereocenters. The molecule has 1 heterocycles. The summed E-state index contributed by atoms with van der Waals surface area (Å²) in [7, 11) is 0. The largest absolute Gasteiger partial charge is 0.321 e. The predicted molar refractivity (Wildman–Crippen MR) is 89.6 cm³/mol. The van der Waals surface area contributed by atoms with Gasteiger partial charge in [0.2, 0.25) is 0 Å². The number of nitrogens with zero attached hydrogens (tertiary/aromatic N) is 2. The van der Waals surface area contributed by atoms with Gasteiger partial charge >= 0.3 is 0 Å². The highest BCUT2D eigenvalue weighted by molar-refractivity contribution is 6.48. The molecule has 1 aromatic carbocycles. The van der Waals surface area contributed by atoms with Crippen molar-refractivity contribution in [2.45, 2.75) is 19.4 Å². The average Bonchev–Trinajstić information content (AvgIpc) is 2.44. The average molecular weight is 318 g/mol. The first-order valence-corrected chi connectivity index (χ1v) is 7.06. The van der Waals surface area contributed by atoms with Crippen LogP contribution in [0.1, 0.15) is 30.9 Å². The molecule has 2 rings (SSSR count). The van der Waals surface area contributed by atoms with E-state index in [9.17, 15) is 4.39 Å². The molecule has 0 spiro atoms. The van der Waals surface area contributed by atoms with E-state index in [0.29, 0.717) is 28.3 Å².